The predicted octanol–water partition coefficient (Wildman–Crippen LogP) is -2.02. The molecular formula is C6H9N4O+. The second-order valence-electron chi connectivity index (χ2n) is 2.38. The van der Waals surface area contributed by atoms with Crippen LogP contribution in [0.25, 0.3) is 0 Å². The van der Waals surface area contributed by atoms with E-state index in [4.69, 9.17) is 0 Å². The van der Waals surface area contributed by atoms with Crippen molar-refractivity contribution in [3.05, 3.63) is 12.0 Å². The van der Waals surface area contributed by atoms with Crippen molar-refractivity contribution in [1.82, 2.24) is 9.97 Å². The van der Waals surface area contributed by atoms with Crippen LogP contribution >= 0.6 is 0 Å². The molecule has 4 N–H and O–H groups in total. The fourth-order valence-corrected chi connectivity index (χ4v) is 1.07. The van der Waals surface area contributed by atoms with Gasteiger partial charge in [0, 0.05) is 0 Å². The van der Waals surface area contributed by atoms with Crippen LogP contribution in [-0.4, -0.2) is 28.0 Å². The third-order valence-electron chi connectivity index (χ3n) is 1.62. The SMILES string of the molecule is O[C@@H]1C[NH+]=CNc2nc[nH]c21. The highest BCUT2D eigenvalue weighted by Gasteiger charge is 2.19. The lowest BCUT2D eigenvalue weighted by Crippen LogP contribution is -2.71. The molecule has 0 amide bonds. The number of anilines is 1. The van der Waals surface area contributed by atoms with Gasteiger partial charge in [-0.05, 0) is 0 Å². The third-order valence-corrected chi connectivity index (χ3v) is 1.62. The number of fused-ring (bicyclic) bond motifs is 1. The molecule has 58 valence electrons. The summed E-state index contributed by atoms with van der Waals surface area (Å²) >= 11 is 0. The molecule has 0 saturated carbocycles. The summed E-state index contributed by atoms with van der Waals surface area (Å²) in [6.45, 7) is 0.502. The quantitative estimate of drug-likeness (QED) is 0.347. The summed E-state index contributed by atoms with van der Waals surface area (Å²) in [5, 5.41) is 12.3. The van der Waals surface area contributed by atoms with Crippen molar-refractivity contribution in [2.75, 3.05) is 11.9 Å². The van der Waals surface area contributed by atoms with Gasteiger partial charge >= 0.3 is 0 Å². The van der Waals surface area contributed by atoms with Gasteiger partial charge in [0.25, 0.3) is 0 Å². The van der Waals surface area contributed by atoms with E-state index in [-0.39, 0.29) is 0 Å². The van der Waals surface area contributed by atoms with Gasteiger partial charge < -0.3 is 10.1 Å². The molecule has 0 fully saturated rings. The van der Waals surface area contributed by atoms with Crippen LogP contribution in [0.5, 0.6) is 0 Å². The second kappa shape index (κ2) is 2.35. The van der Waals surface area contributed by atoms with Gasteiger partial charge in [-0.2, -0.15) is 4.98 Å². The van der Waals surface area contributed by atoms with E-state index in [1.54, 1.807) is 12.7 Å². The Labute approximate surface area is 63.2 Å². The highest BCUT2D eigenvalue weighted by Crippen LogP contribution is 2.16. The van der Waals surface area contributed by atoms with Gasteiger partial charge in [0.1, 0.15) is 18.3 Å². The number of nitrogens with one attached hydrogen (secondary N) is 3. The molecule has 0 aliphatic carbocycles. The molecule has 0 unspecified atom stereocenters. The fourth-order valence-electron chi connectivity index (χ4n) is 1.07. The molecule has 1 atom stereocenters. The number of nitrogens with zero attached hydrogens (tertiary/aromatic N) is 1. The second-order valence-corrected chi connectivity index (χ2v) is 2.38. The highest BCUT2D eigenvalue weighted by molar-refractivity contribution is 5.71. The topological polar surface area (TPSA) is 74.9 Å². The summed E-state index contributed by atoms with van der Waals surface area (Å²) in [7, 11) is 0. The summed E-state index contributed by atoms with van der Waals surface area (Å²) < 4.78 is 0. The van der Waals surface area contributed by atoms with Crippen LogP contribution in [0.3, 0.4) is 0 Å². The number of rotatable bonds is 0. The van der Waals surface area contributed by atoms with E-state index in [0.29, 0.717) is 12.4 Å². The number of imidazole rings is 1. The Kier molecular flexibility index (Phi) is 1.36. The Balaban J connectivity index is 2.41. The summed E-state index contributed by atoms with van der Waals surface area (Å²) in [5.74, 6) is 0.683. The first kappa shape index (κ1) is 6.36. The smallest absolute Gasteiger partial charge is 0.242 e. The first-order chi connectivity index (χ1) is 5.38. The lowest BCUT2D eigenvalue weighted by Gasteiger charge is -1.99. The number of aromatic nitrogens is 2. The molecule has 1 aliphatic rings. The Morgan fingerprint density at radius 3 is 3.55 bits per heavy atom. The molecule has 11 heavy (non-hydrogen) atoms. The summed E-state index contributed by atoms with van der Waals surface area (Å²) in [6, 6.07) is 0. The van der Waals surface area contributed by atoms with Crippen molar-refractivity contribution in [2.24, 2.45) is 0 Å². The maximum atomic E-state index is 9.44. The van der Waals surface area contributed by atoms with Crippen LogP contribution in [0, 0.1) is 0 Å². The Morgan fingerprint density at radius 2 is 2.64 bits per heavy atom. The van der Waals surface area contributed by atoms with Gasteiger partial charge in [0.2, 0.25) is 12.2 Å². The van der Waals surface area contributed by atoms with E-state index in [2.05, 4.69) is 20.3 Å². The predicted molar refractivity (Wildman–Crippen MR) is 39.1 cm³/mol. The molecule has 2 heterocycles. The fraction of sp³-hybridized carbons (Fsp3) is 0.333. The van der Waals surface area contributed by atoms with E-state index >= 15 is 0 Å². The molecule has 1 aliphatic heterocycles. The maximum absolute atomic E-state index is 9.44. The van der Waals surface area contributed by atoms with E-state index in [1.165, 1.54) is 0 Å². The van der Waals surface area contributed by atoms with E-state index in [0.717, 1.165) is 5.69 Å². The van der Waals surface area contributed by atoms with Gasteiger partial charge in [-0.15, -0.1) is 0 Å². The standard InChI is InChI=1S/C6H8N4O/c11-4-1-7-2-9-6-5(4)8-3-10-6/h2-4,11H,1H2,(H,7,9)(H,8,10)/p+1/t4-/m1/s1. The number of aromatic amines is 1. The van der Waals surface area contributed by atoms with E-state index < -0.39 is 6.10 Å². The van der Waals surface area contributed by atoms with Crippen LogP contribution in [0.1, 0.15) is 11.8 Å². The van der Waals surface area contributed by atoms with Crippen LogP contribution in [0.4, 0.5) is 5.82 Å². The minimum absolute atomic E-state index is 0.502. The molecular weight excluding hydrogens is 144 g/mol. The molecule has 0 bridgehead atoms. The lowest BCUT2D eigenvalue weighted by molar-refractivity contribution is -0.464. The average molecular weight is 153 g/mol. The zero-order valence-corrected chi connectivity index (χ0v) is 5.83. The third kappa shape index (κ3) is 0.988. The molecule has 0 saturated heterocycles. The van der Waals surface area contributed by atoms with Crippen molar-refractivity contribution in [1.29, 1.82) is 0 Å². The molecule has 5 nitrogen and oxygen atoms in total. The number of H-pyrrole nitrogens is 1. The van der Waals surface area contributed by atoms with Crippen LogP contribution in [0.15, 0.2) is 6.33 Å². The number of hydrogen-bond acceptors (Lipinski definition) is 3. The number of aliphatic hydroxyl groups excluding tert-OH is 1. The monoisotopic (exact) mass is 153 g/mol. The Morgan fingerprint density at radius 1 is 1.73 bits per heavy atom. The molecule has 0 radical (unpaired) electrons. The highest BCUT2D eigenvalue weighted by atomic mass is 16.3. The largest absolute Gasteiger partial charge is 0.383 e. The molecule has 0 aromatic carbocycles. The van der Waals surface area contributed by atoms with E-state index in [1.807, 2.05) is 0 Å². The molecule has 1 aromatic rings. The Hall–Kier alpha value is -1.36. The van der Waals surface area contributed by atoms with Crippen LogP contribution in [0.2, 0.25) is 0 Å². The average Bonchev–Trinajstić information content (AvgIpc) is 2.40. The number of aliphatic hydroxyl groups is 1. The summed E-state index contributed by atoms with van der Waals surface area (Å²) in [6.07, 6.45) is 2.70. The molecule has 2 rings (SSSR count). The Bertz CT molecular complexity index is 280. The van der Waals surface area contributed by atoms with E-state index in [9.17, 15) is 5.11 Å². The molecule has 1 aromatic heterocycles. The van der Waals surface area contributed by atoms with Crippen molar-refractivity contribution in [3.8, 4) is 0 Å². The minimum atomic E-state index is -0.515. The molecule has 0 spiro atoms. The zero-order chi connectivity index (χ0) is 7.68. The summed E-state index contributed by atoms with van der Waals surface area (Å²) in [5.41, 5.74) is 0.728. The lowest BCUT2D eigenvalue weighted by atomic mass is 10.2. The van der Waals surface area contributed by atoms with Gasteiger partial charge in [-0.1, -0.05) is 0 Å². The normalized spacial score (nSPS) is 22.1. The maximum Gasteiger partial charge on any atom is 0.242 e. The zero-order valence-electron chi connectivity index (χ0n) is 5.83. The van der Waals surface area contributed by atoms with Crippen molar-refractivity contribution >= 4 is 12.2 Å². The van der Waals surface area contributed by atoms with Crippen molar-refractivity contribution < 1.29 is 10.1 Å². The van der Waals surface area contributed by atoms with Crippen molar-refractivity contribution in [2.45, 2.75) is 6.10 Å². The molecule has 5 heteroatoms. The number of β-amino-alcohol motifs (C(OH)–C–C–N with tert-alkyl or cyclic N) is 1. The van der Waals surface area contributed by atoms with Crippen LogP contribution in [-0.2, 0) is 0 Å². The first-order valence-corrected chi connectivity index (χ1v) is 3.41. The van der Waals surface area contributed by atoms with Crippen molar-refractivity contribution in [3.63, 3.8) is 0 Å². The van der Waals surface area contributed by atoms with Gasteiger partial charge in [-0.3, -0.25) is 4.99 Å². The first-order valence-electron chi connectivity index (χ1n) is 3.41. The minimum Gasteiger partial charge on any atom is -0.383 e. The van der Waals surface area contributed by atoms with Gasteiger partial charge in [0.15, 0.2) is 0 Å². The van der Waals surface area contributed by atoms with Gasteiger partial charge in [0.05, 0.1) is 6.33 Å². The van der Waals surface area contributed by atoms with Gasteiger partial charge in [-0.25, -0.2) is 5.32 Å². The summed E-state index contributed by atoms with van der Waals surface area (Å²) in [4.78, 5) is 9.72. The van der Waals surface area contributed by atoms with Crippen LogP contribution < -0.4 is 10.3 Å². The number of hydrogen-bond donors (Lipinski definition) is 4.